The summed E-state index contributed by atoms with van der Waals surface area (Å²) in [5.74, 6) is -0.422. The minimum absolute atomic E-state index is 0.422. The lowest BCUT2D eigenvalue weighted by Crippen LogP contribution is -1.92. The van der Waals surface area contributed by atoms with Crippen LogP contribution in [0.2, 0.25) is 0 Å². The number of oxazole rings is 1. The quantitative estimate of drug-likeness (QED) is 0.695. The SMILES string of the molecule is O=c1[nH]c2ccc(/C=C/c3ccccc3)cc2o1. The Labute approximate surface area is 103 Å². The van der Waals surface area contributed by atoms with E-state index < -0.39 is 5.76 Å². The molecule has 3 nitrogen and oxygen atoms in total. The highest BCUT2D eigenvalue weighted by molar-refractivity contribution is 5.78. The zero-order chi connectivity index (χ0) is 12.4. The second kappa shape index (κ2) is 4.37. The average molecular weight is 237 g/mol. The maximum Gasteiger partial charge on any atom is 0.417 e. The molecule has 0 saturated heterocycles. The van der Waals surface area contributed by atoms with Crippen LogP contribution in [0.5, 0.6) is 0 Å². The summed E-state index contributed by atoms with van der Waals surface area (Å²) >= 11 is 0. The fourth-order valence-electron chi connectivity index (χ4n) is 1.82. The summed E-state index contributed by atoms with van der Waals surface area (Å²) in [4.78, 5) is 13.7. The number of H-pyrrole nitrogens is 1. The number of hydrogen-bond donors (Lipinski definition) is 1. The Morgan fingerprint density at radius 1 is 0.944 bits per heavy atom. The van der Waals surface area contributed by atoms with Gasteiger partial charge in [-0.25, -0.2) is 4.79 Å². The normalized spacial score (nSPS) is 11.3. The minimum Gasteiger partial charge on any atom is -0.408 e. The summed E-state index contributed by atoms with van der Waals surface area (Å²) in [5.41, 5.74) is 3.43. The Bertz CT molecular complexity index is 751. The van der Waals surface area contributed by atoms with Crippen LogP contribution in [0.25, 0.3) is 23.3 Å². The van der Waals surface area contributed by atoms with E-state index in [1.807, 2.05) is 60.7 Å². The lowest BCUT2D eigenvalue weighted by molar-refractivity contribution is 0.555. The molecule has 0 radical (unpaired) electrons. The molecule has 0 amide bonds. The van der Waals surface area contributed by atoms with Crippen LogP contribution in [0, 0.1) is 0 Å². The van der Waals surface area contributed by atoms with Gasteiger partial charge in [-0.3, -0.25) is 4.98 Å². The van der Waals surface area contributed by atoms with Crippen LogP contribution in [0.1, 0.15) is 11.1 Å². The van der Waals surface area contributed by atoms with Gasteiger partial charge in [-0.05, 0) is 23.3 Å². The van der Waals surface area contributed by atoms with E-state index in [1.54, 1.807) is 0 Å². The van der Waals surface area contributed by atoms with Crippen molar-refractivity contribution < 1.29 is 4.42 Å². The minimum atomic E-state index is -0.422. The van der Waals surface area contributed by atoms with Gasteiger partial charge in [-0.1, -0.05) is 48.6 Å². The van der Waals surface area contributed by atoms with Crippen molar-refractivity contribution in [2.24, 2.45) is 0 Å². The van der Waals surface area contributed by atoms with Crippen molar-refractivity contribution in [3.63, 3.8) is 0 Å². The molecule has 3 aromatic rings. The van der Waals surface area contributed by atoms with Crippen molar-refractivity contribution >= 4 is 23.3 Å². The van der Waals surface area contributed by atoms with E-state index in [-0.39, 0.29) is 0 Å². The number of rotatable bonds is 2. The molecule has 0 spiro atoms. The molecule has 1 N–H and O–H groups in total. The molecule has 0 fully saturated rings. The number of hydrogen-bond acceptors (Lipinski definition) is 2. The summed E-state index contributed by atoms with van der Waals surface area (Å²) in [7, 11) is 0. The molecule has 0 saturated carbocycles. The highest BCUT2D eigenvalue weighted by Crippen LogP contribution is 2.14. The third-order valence-corrected chi connectivity index (χ3v) is 2.71. The van der Waals surface area contributed by atoms with Gasteiger partial charge in [0.2, 0.25) is 0 Å². The topological polar surface area (TPSA) is 46.0 Å². The van der Waals surface area contributed by atoms with Crippen LogP contribution >= 0.6 is 0 Å². The zero-order valence-corrected chi connectivity index (χ0v) is 9.59. The summed E-state index contributed by atoms with van der Waals surface area (Å²) in [6.45, 7) is 0. The first-order valence-electron chi connectivity index (χ1n) is 5.67. The van der Waals surface area contributed by atoms with E-state index in [4.69, 9.17) is 4.42 Å². The third-order valence-electron chi connectivity index (χ3n) is 2.71. The maximum absolute atomic E-state index is 11.0. The molecule has 3 heteroatoms. The Hall–Kier alpha value is -2.55. The second-order valence-corrected chi connectivity index (χ2v) is 4.01. The summed E-state index contributed by atoms with van der Waals surface area (Å²) in [6, 6.07) is 15.7. The van der Waals surface area contributed by atoms with Crippen molar-refractivity contribution in [1.29, 1.82) is 0 Å². The van der Waals surface area contributed by atoms with E-state index in [9.17, 15) is 4.79 Å². The number of fused-ring (bicyclic) bond motifs is 1. The fourth-order valence-corrected chi connectivity index (χ4v) is 1.82. The first-order chi connectivity index (χ1) is 8.81. The molecule has 1 heterocycles. The van der Waals surface area contributed by atoms with Crippen LogP contribution in [-0.2, 0) is 0 Å². The lowest BCUT2D eigenvalue weighted by atomic mass is 10.1. The Morgan fingerprint density at radius 3 is 2.56 bits per heavy atom. The van der Waals surface area contributed by atoms with Gasteiger partial charge in [0.1, 0.15) is 0 Å². The van der Waals surface area contributed by atoms with Crippen molar-refractivity contribution in [3.05, 3.63) is 70.2 Å². The molecule has 0 aliphatic heterocycles. The van der Waals surface area contributed by atoms with Gasteiger partial charge < -0.3 is 4.42 Å². The van der Waals surface area contributed by atoms with E-state index >= 15 is 0 Å². The molecule has 0 aliphatic carbocycles. The van der Waals surface area contributed by atoms with Crippen LogP contribution in [0.4, 0.5) is 0 Å². The Morgan fingerprint density at radius 2 is 1.72 bits per heavy atom. The first-order valence-corrected chi connectivity index (χ1v) is 5.67. The smallest absolute Gasteiger partial charge is 0.408 e. The van der Waals surface area contributed by atoms with Crippen LogP contribution in [0.3, 0.4) is 0 Å². The van der Waals surface area contributed by atoms with Crippen molar-refractivity contribution in [1.82, 2.24) is 4.98 Å². The zero-order valence-electron chi connectivity index (χ0n) is 9.59. The molecule has 0 aliphatic rings. The number of benzene rings is 2. The van der Waals surface area contributed by atoms with Crippen molar-refractivity contribution in [2.45, 2.75) is 0 Å². The van der Waals surface area contributed by atoms with Crippen molar-refractivity contribution in [2.75, 3.05) is 0 Å². The largest absolute Gasteiger partial charge is 0.417 e. The molecule has 88 valence electrons. The number of nitrogens with one attached hydrogen (secondary N) is 1. The third kappa shape index (κ3) is 2.11. The monoisotopic (exact) mass is 237 g/mol. The highest BCUT2D eigenvalue weighted by atomic mass is 16.4. The van der Waals surface area contributed by atoms with Crippen molar-refractivity contribution in [3.8, 4) is 0 Å². The summed E-state index contributed by atoms with van der Waals surface area (Å²) in [5, 5.41) is 0. The molecule has 0 bridgehead atoms. The fraction of sp³-hybridized carbons (Fsp3) is 0. The molecule has 0 atom stereocenters. The van der Waals surface area contributed by atoms with Gasteiger partial charge in [-0.15, -0.1) is 0 Å². The average Bonchev–Trinajstić information content (AvgIpc) is 2.77. The van der Waals surface area contributed by atoms with Gasteiger partial charge in [0, 0.05) is 0 Å². The second-order valence-electron chi connectivity index (χ2n) is 4.01. The standard InChI is InChI=1S/C15H11NO2/c17-15-16-13-9-8-12(10-14(13)18-15)7-6-11-4-2-1-3-5-11/h1-10H,(H,16,17)/b7-6+. The maximum atomic E-state index is 11.0. The Kier molecular flexibility index (Phi) is 2.57. The molecule has 3 rings (SSSR count). The van der Waals surface area contributed by atoms with Gasteiger partial charge >= 0.3 is 5.76 Å². The predicted molar refractivity (Wildman–Crippen MR) is 72.2 cm³/mol. The molecule has 18 heavy (non-hydrogen) atoms. The molecular weight excluding hydrogens is 226 g/mol. The van der Waals surface area contributed by atoms with Gasteiger partial charge in [0.15, 0.2) is 5.58 Å². The van der Waals surface area contributed by atoms with Crippen LogP contribution in [-0.4, -0.2) is 4.98 Å². The van der Waals surface area contributed by atoms with Gasteiger partial charge in [0.25, 0.3) is 0 Å². The van der Waals surface area contributed by atoms with Crippen LogP contribution in [0.15, 0.2) is 57.7 Å². The molecule has 2 aromatic carbocycles. The Balaban J connectivity index is 1.95. The van der Waals surface area contributed by atoms with E-state index in [1.165, 1.54) is 0 Å². The van der Waals surface area contributed by atoms with Gasteiger partial charge in [0.05, 0.1) is 5.52 Å². The predicted octanol–water partition coefficient (Wildman–Crippen LogP) is 3.29. The van der Waals surface area contributed by atoms with E-state index in [0.29, 0.717) is 5.58 Å². The lowest BCUT2D eigenvalue weighted by Gasteiger charge is -1.94. The number of aromatic nitrogens is 1. The highest BCUT2D eigenvalue weighted by Gasteiger charge is 1.99. The van der Waals surface area contributed by atoms with Crippen LogP contribution < -0.4 is 5.76 Å². The van der Waals surface area contributed by atoms with E-state index in [2.05, 4.69) is 4.98 Å². The van der Waals surface area contributed by atoms with E-state index in [0.717, 1.165) is 16.6 Å². The first kappa shape index (κ1) is 10.6. The summed E-state index contributed by atoms with van der Waals surface area (Å²) in [6.07, 6.45) is 4.01. The van der Waals surface area contributed by atoms with Gasteiger partial charge in [-0.2, -0.15) is 0 Å². The molecular formula is C15H11NO2. The number of aromatic amines is 1. The molecule has 1 aromatic heterocycles. The summed E-state index contributed by atoms with van der Waals surface area (Å²) < 4.78 is 5.02. The molecule has 0 unspecified atom stereocenters.